The lowest BCUT2D eigenvalue weighted by Gasteiger charge is -2.23. The van der Waals surface area contributed by atoms with Gasteiger partial charge in [-0.05, 0) is 17.7 Å². The number of ether oxygens (including phenoxy) is 1. The van der Waals surface area contributed by atoms with Crippen molar-refractivity contribution in [3.8, 4) is 0 Å². The average Bonchev–Trinajstić information content (AvgIpc) is 2.60. The summed E-state index contributed by atoms with van der Waals surface area (Å²) in [7, 11) is 0. The number of aromatic nitrogens is 1. The van der Waals surface area contributed by atoms with Gasteiger partial charge < -0.3 is 19.9 Å². The summed E-state index contributed by atoms with van der Waals surface area (Å²) in [5.41, 5.74) is 1.13. The molecule has 0 bridgehead atoms. The third-order valence-corrected chi connectivity index (χ3v) is 3.92. The quantitative estimate of drug-likeness (QED) is 0.866. The molecule has 1 aromatic heterocycles. The zero-order valence-corrected chi connectivity index (χ0v) is 13.4. The third kappa shape index (κ3) is 4.31. The zero-order chi connectivity index (χ0) is 16.8. The Bertz CT molecular complexity index is 737. The molecule has 0 saturated carbocycles. The molecule has 6 heteroatoms. The number of morpholine rings is 1. The highest BCUT2D eigenvalue weighted by molar-refractivity contribution is 5.90. The molecule has 1 aliphatic heterocycles. The Balaban J connectivity index is 1.66. The fraction of sp³-hybridized carbons (Fsp3) is 0.333. The molecule has 1 fully saturated rings. The molecule has 0 spiro atoms. The third-order valence-electron chi connectivity index (χ3n) is 3.92. The van der Waals surface area contributed by atoms with E-state index in [4.69, 9.17) is 4.74 Å². The Morgan fingerprint density at radius 2 is 2.08 bits per heavy atom. The lowest BCUT2D eigenvalue weighted by atomic mass is 10.2. The monoisotopic (exact) mass is 327 g/mol. The summed E-state index contributed by atoms with van der Waals surface area (Å²) in [6.07, 6.45) is 2.01. The predicted octanol–water partition coefficient (Wildman–Crippen LogP) is 1.21. The van der Waals surface area contributed by atoms with Crippen LogP contribution in [0.2, 0.25) is 0 Å². The van der Waals surface area contributed by atoms with Gasteiger partial charge in [0.25, 0.3) is 5.56 Å². The van der Waals surface area contributed by atoms with Crippen molar-refractivity contribution in [3.63, 3.8) is 0 Å². The Hall–Kier alpha value is -2.44. The van der Waals surface area contributed by atoms with Crippen molar-refractivity contribution in [2.24, 2.45) is 0 Å². The van der Waals surface area contributed by atoms with Gasteiger partial charge in [0, 0.05) is 25.2 Å². The van der Waals surface area contributed by atoms with Crippen LogP contribution in [0.4, 0.5) is 5.69 Å². The molecule has 126 valence electrons. The van der Waals surface area contributed by atoms with Crippen LogP contribution in [-0.4, -0.2) is 36.3 Å². The van der Waals surface area contributed by atoms with E-state index in [2.05, 4.69) is 10.6 Å². The Labute approximate surface area is 140 Å². The van der Waals surface area contributed by atoms with Gasteiger partial charge in [-0.3, -0.25) is 9.59 Å². The van der Waals surface area contributed by atoms with E-state index >= 15 is 0 Å². The predicted molar refractivity (Wildman–Crippen MR) is 92.1 cm³/mol. The normalized spacial score (nSPS) is 17.4. The van der Waals surface area contributed by atoms with E-state index in [0.29, 0.717) is 25.4 Å². The van der Waals surface area contributed by atoms with Crippen molar-refractivity contribution in [1.29, 1.82) is 0 Å². The highest BCUT2D eigenvalue weighted by atomic mass is 16.5. The van der Waals surface area contributed by atoms with Crippen LogP contribution in [0.25, 0.3) is 0 Å². The van der Waals surface area contributed by atoms with Crippen molar-refractivity contribution in [3.05, 3.63) is 64.6 Å². The SMILES string of the molecule is O=C(CC1COCCN1)Nc1cccn(Cc2ccccc2)c1=O. The number of rotatable bonds is 5. The standard InChI is InChI=1S/C18H21N3O3/c22-17(11-15-13-24-10-8-19-15)20-16-7-4-9-21(18(16)23)12-14-5-2-1-3-6-14/h1-7,9,15,19H,8,10-13H2,(H,20,22). The smallest absolute Gasteiger partial charge is 0.274 e. The minimum absolute atomic E-state index is 0.00555. The van der Waals surface area contributed by atoms with Gasteiger partial charge in [-0.2, -0.15) is 0 Å². The summed E-state index contributed by atoms with van der Waals surface area (Å²) in [6.45, 7) is 2.40. The molecule has 24 heavy (non-hydrogen) atoms. The molecule has 0 radical (unpaired) electrons. The molecule has 0 aliphatic carbocycles. The number of benzene rings is 1. The van der Waals surface area contributed by atoms with Crippen molar-refractivity contribution in [2.45, 2.75) is 19.0 Å². The van der Waals surface area contributed by atoms with Crippen LogP contribution >= 0.6 is 0 Å². The van der Waals surface area contributed by atoms with Gasteiger partial charge in [0.15, 0.2) is 0 Å². The van der Waals surface area contributed by atoms with Gasteiger partial charge in [-0.15, -0.1) is 0 Å². The van der Waals surface area contributed by atoms with Crippen LogP contribution in [0.15, 0.2) is 53.5 Å². The van der Waals surface area contributed by atoms with Gasteiger partial charge >= 0.3 is 0 Å². The molecule has 1 amide bonds. The second kappa shape index (κ2) is 7.90. The lowest BCUT2D eigenvalue weighted by molar-refractivity contribution is -0.117. The van der Waals surface area contributed by atoms with Gasteiger partial charge in [-0.1, -0.05) is 30.3 Å². The van der Waals surface area contributed by atoms with Crippen LogP contribution in [0.5, 0.6) is 0 Å². The second-order valence-electron chi connectivity index (χ2n) is 5.82. The van der Waals surface area contributed by atoms with Crippen LogP contribution in [0.1, 0.15) is 12.0 Å². The maximum absolute atomic E-state index is 12.5. The summed E-state index contributed by atoms with van der Waals surface area (Å²) < 4.78 is 6.92. The summed E-state index contributed by atoms with van der Waals surface area (Å²) in [5.74, 6) is -0.187. The van der Waals surface area contributed by atoms with E-state index < -0.39 is 0 Å². The molecule has 1 aromatic carbocycles. The van der Waals surface area contributed by atoms with Gasteiger partial charge in [0.1, 0.15) is 5.69 Å². The van der Waals surface area contributed by atoms with E-state index in [9.17, 15) is 9.59 Å². The molecular formula is C18H21N3O3. The molecule has 1 unspecified atom stereocenters. The van der Waals surface area contributed by atoms with E-state index in [0.717, 1.165) is 12.1 Å². The fourth-order valence-corrected chi connectivity index (χ4v) is 2.71. The second-order valence-corrected chi connectivity index (χ2v) is 5.82. The maximum Gasteiger partial charge on any atom is 0.274 e. The summed E-state index contributed by atoms with van der Waals surface area (Å²) >= 11 is 0. The number of carbonyl (C=O) groups is 1. The van der Waals surface area contributed by atoms with E-state index in [1.165, 1.54) is 0 Å². The minimum atomic E-state index is -0.206. The molecule has 2 aromatic rings. The number of carbonyl (C=O) groups excluding carboxylic acids is 1. The highest BCUT2D eigenvalue weighted by Gasteiger charge is 2.17. The number of nitrogens with zero attached hydrogens (tertiary/aromatic N) is 1. The van der Waals surface area contributed by atoms with E-state index in [1.807, 2.05) is 30.3 Å². The van der Waals surface area contributed by atoms with E-state index in [-0.39, 0.29) is 23.9 Å². The fourth-order valence-electron chi connectivity index (χ4n) is 2.71. The molecule has 6 nitrogen and oxygen atoms in total. The Kier molecular flexibility index (Phi) is 5.40. The molecule has 2 heterocycles. The molecular weight excluding hydrogens is 306 g/mol. The number of pyridine rings is 1. The molecule has 1 aliphatic rings. The zero-order valence-electron chi connectivity index (χ0n) is 13.4. The molecule has 3 rings (SSSR count). The minimum Gasteiger partial charge on any atom is -0.378 e. The first-order chi connectivity index (χ1) is 11.7. The first-order valence-corrected chi connectivity index (χ1v) is 8.07. The van der Waals surface area contributed by atoms with Crippen molar-refractivity contribution < 1.29 is 9.53 Å². The summed E-state index contributed by atoms with van der Waals surface area (Å²) in [4.78, 5) is 24.7. The molecule has 2 N–H and O–H groups in total. The van der Waals surface area contributed by atoms with Gasteiger partial charge in [0.05, 0.1) is 19.8 Å². The number of nitrogens with one attached hydrogen (secondary N) is 2. The van der Waals surface area contributed by atoms with Crippen LogP contribution < -0.4 is 16.2 Å². The van der Waals surface area contributed by atoms with Crippen molar-refractivity contribution in [2.75, 3.05) is 25.1 Å². The summed E-state index contributed by atoms with van der Waals surface area (Å²) in [5, 5.41) is 5.94. The van der Waals surface area contributed by atoms with Crippen LogP contribution in [-0.2, 0) is 16.1 Å². The van der Waals surface area contributed by atoms with Crippen molar-refractivity contribution >= 4 is 11.6 Å². The topological polar surface area (TPSA) is 72.4 Å². The Morgan fingerprint density at radius 1 is 1.25 bits per heavy atom. The highest BCUT2D eigenvalue weighted by Crippen LogP contribution is 2.06. The number of amides is 1. The largest absolute Gasteiger partial charge is 0.378 e. The maximum atomic E-state index is 12.5. The first kappa shape index (κ1) is 16.4. The van der Waals surface area contributed by atoms with Crippen LogP contribution in [0.3, 0.4) is 0 Å². The average molecular weight is 327 g/mol. The van der Waals surface area contributed by atoms with Crippen molar-refractivity contribution in [1.82, 2.24) is 9.88 Å². The first-order valence-electron chi connectivity index (χ1n) is 8.07. The lowest BCUT2D eigenvalue weighted by Crippen LogP contribution is -2.43. The Morgan fingerprint density at radius 3 is 2.83 bits per heavy atom. The number of anilines is 1. The number of hydrogen-bond donors (Lipinski definition) is 2. The molecule has 1 atom stereocenters. The van der Waals surface area contributed by atoms with Crippen LogP contribution in [0, 0.1) is 0 Å². The van der Waals surface area contributed by atoms with E-state index in [1.54, 1.807) is 22.9 Å². The molecule has 1 saturated heterocycles. The van der Waals surface area contributed by atoms with Gasteiger partial charge in [-0.25, -0.2) is 0 Å². The number of hydrogen-bond acceptors (Lipinski definition) is 4. The summed E-state index contributed by atoms with van der Waals surface area (Å²) in [6, 6.07) is 13.1. The van der Waals surface area contributed by atoms with Gasteiger partial charge in [0.2, 0.25) is 5.91 Å².